The van der Waals surface area contributed by atoms with Gasteiger partial charge in [-0.25, -0.2) is 0 Å². The topological polar surface area (TPSA) is 60.5 Å². The zero-order valence-corrected chi connectivity index (χ0v) is 18.0. The number of anilines is 1. The molecule has 1 aliphatic heterocycles. The molecule has 0 aliphatic carbocycles. The van der Waals surface area contributed by atoms with Crippen LogP contribution in [0.2, 0.25) is 0 Å². The van der Waals surface area contributed by atoms with Crippen molar-refractivity contribution >= 4 is 39.3 Å². The fourth-order valence-electron chi connectivity index (χ4n) is 2.90. The first-order valence-corrected chi connectivity index (χ1v) is 10.9. The summed E-state index contributed by atoms with van der Waals surface area (Å²) in [6.45, 7) is 1.06. The summed E-state index contributed by atoms with van der Waals surface area (Å²) in [4.78, 5) is 17.8. The van der Waals surface area contributed by atoms with E-state index in [1.807, 2.05) is 48.7 Å². The highest BCUT2D eigenvalue weighted by molar-refractivity contribution is 9.10. The molecule has 29 heavy (non-hydrogen) atoms. The lowest BCUT2D eigenvalue weighted by Crippen LogP contribution is -2.17. The molecule has 0 atom stereocenters. The molecule has 0 bridgehead atoms. The van der Waals surface area contributed by atoms with Crippen LogP contribution < -0.4 is 14.8 Å². The molecule has 1 aromatic heterocycles. The van der Waals surface area contributed by atoms with Crippen LogP contribution in [0.1, 0.15) is 11.1 Å². The summed E-state index contributed by atoms with van der Waals surface area (Å²) in [5, 5.41) is 2.95. The van der Waals surface area contributed by atoms with Gasteiger partial charge in [0.1, 0.15) is 13.2 Å². The van der Waals surface area contributed by atoms with Gasteiger partial charge in [-0.05, 0) is 53.6 Å². The summed E-state index contributed by atoms with van der Waals surface area (Å²) in [5.74, 6) is 2.15. The van der Waals surface area contributed by atoms with Crippen LogP contribution in [0.15, 0.2) is 70.3 Å². The Bertz CT molecular complexity index is 997. The molecule has 1 amide bonds. The predicted octanol–water partition coefficient (Wildman–Crippen LogP) is 5.09. The SMILES string of the molecule is O=C(Cc1cc2c(cc1Br)OCCO2)Nc1ccc(SCc2cccnc2)cc1. The molecule has 148 valence electrons. The third-order valence-corrected chi connectivity index (χ3v) is 6.15. The van der Waals surface area contributed by atoms with Crippen molar-refractivity contribution in [1.82, 2.24) is 4.98 Å². The van der Waals surface area contributed by atoms with Crippen molar-refractivity contribution < 1.29 is 14.3 Å². The van der Waals surface area contributed by atoms with Crippen molar-refractivity contribution in [2.45, 2.75) is 17.1 Å². The number of rotatable bonds is 6. The number of amides is 1. The van der Waals surface area contributed by atoms with Crippen molar-refractivity contribution in [2.24, 2.45) is 0 Å². The van der Waals surface area contributed by atoms with Gasteiger partial charge in [0.15, 0.2) is 11.5 Å². The number of ether oxygens (including phenoxy) is 2. The standard InChI is InChI=1S/C22H19BrN2O3S/c23-19-12-21-20(27-8-9-28-21)10-16(19)11-22(26)25-17-3-5-18(6-4-17)29-14-15-2-1-7-24-13-15/h1-7,10,12-13H,8-9,11,14H2,(H,25,26). The molecule has 5 nitrogen and oxygen atoms in total. The smallest absolute Gasteiger partial charge is 0.228 e. The lowest BCUT2D eigenvalue weighted by Gasteiger charge is -2.19. The molecule has 2 heterocycles. The van der Waals surface area contributed by atoms with E-state index in [1.165, 1.54) is 5.56 Å². The van der Waals surface area contributed by atoms with Crippen molar-refractivity contribution in [2.75, 3.05) is 18.5 Å². The first-order chi connectivity index (χ1) is 14.2. The molecule has 1 aliphatic rings. The molecule has 3 aromatic rings. The van der Waals surface area contributed by atoms with Gasteiger partial charge < -0.3 is 14.8 Å². The van der Waals surface area contributed by atoms with Gasteiger partial charge in [-0.15, -0.1) is 11.8 Å². The molecular weight excluding hydrogens is 452 g/mol. The fraction of sp³-hybridized carbons (Fsp3) is 0.182. The molecule has 7 heteroatoms. The monoisotopic (exact) mass is 470 g/mol. The number of hydrogen-bond donors (Lipinski definition) is 1. The van der Waals surface area contributed by atoms with Crippen LogP contribution >= 0.6 is 27.7 Å². The number of aromatic nitrogens is 1. The van der Waals surface area contributed by atoms with E-state index < -0.39 is 0 Å². The number of nitrogens with zero attached hydrogens (tertiary/aromatic N) is 1. The number of hydrogen-bond acceptors (Lipinski definition) is 5. The van der Waals surface area contributed by atoms with Gasteiger partial charge in [-0.3, -0.25) is 9.78 Å². The van der Waals surface area contributed by atoms with Crippen LogP contribution in [0.25, 0.3) is 0 Å². The number of fused-ring (bicyclic) bond motifs is 1. The maximum atomic E-state index is 12.5. The lowest BCUT2D eigenvalue weighted by atomic mass is 10.1. The number of pyridine rings is 1. The molecule has 4 rings (SSSR count). The summed E-state index contributed by atoms with van der Waals surface area (Å²) >= 11 is 5.25. The molecule has 0 unspecified atom stereocenters. The average molecular weight is 471 g/mol. The second-order valence-electron chi connectivity index (χ2n) is 6.49. The van der Waals surface area contributed by atoms with Gasteiger partial charge in [-0.1, -0.05) is 22.0 Å². The van der Waals surface area contributed by atoms with Crippen molar-refractivity contribution in [3.05, 3.63) is 76.5 Å². The second-order valence-corrected chi connectivity index (χ2v) is 8.39. The van der Waals surface area contributed by atoms with E-state index in [4.69, 9.17) is 9.47 Å². The van der Waals surface area contributed by atoms with Gasteiger partial charge in [0.05, 0.1) is 6.42 Å². The highest BCUT2D eigenvalue weighted by Crippen LogP contribution is 2.35. The molecule has 2 aromatic carbocycles. The van der Waals surface area contributed by atoms with Crippen molar-refractivity contribution in [3.63, 3.8) is 0 Å². The minimum Gasteiger partial charge on any atom is -0.486 e. The third kappa shape index (κ3) is 5.31. The van der Waals surface area contributed by atoms with E-state index in [0.29, 0.717) is 24.7 Å². The fourth-order valence-corrected chi connectivity index (χ4v) is 4.20. The minimum absolute atomic E-state index is 0.0851. The Morgan fingerprint density at radius 3 is 2.59 bits per heavy atom. The van der Waals surface area contributed by atoms with Crippen LogP contribution in [-0.2, 0) is 17.0 Å². The van der Waals surface area contributed by atoms with Crippen LogP contribution in [0.5, 0.6) is 11.5 Å². The largest absolute Gasteiger partial charge is 0.486 e. The Morgan fingerprint density at radius 2 is 1.86 bits per heavy atom. The van der Waals surface area contributed by atoms with E-state index in [2.05, 4.69) is 32.3 Å². The highest BCUT2D eigenvalue weighted by atomic mass is 79.9. The molecular formula is C22H19BrN2O3S. The maximum Gasteiger partial charge on any atom is 0.228 e. The normalized spacial score (nSPS) is 12.4. The number of halogens is 1. The molecule has 0 fully saturated rings. The highest BCUT2D eigenvalue weighted by Gasteiger charge is 2.16. The number of thioether (sulfide) groups is 1. The Labute approximate surface area is 182 Å². The number of nitrogens with one attached hydrogen (secondary N) is 1. The third-order valence-electron chi connectivity index (χ3n) is 4.33. The first-order valence-electron chi connectivity index (χ1n) is 9.17. The summed E-state index contributed by atoms with van der Waals surface area (Å²) in [6, 6.07) is 15.6. The zero-order valence-electron chi connectivity index (χ0n) is 15.6. The molecule has 0 saturated heterocycles. The summed E-state index contributed by atoms with van der Waals surface area (Å²) < 4.78 is 12.0. The van der Waals surface area contributed by atoms with E-state index in [9.17, 15) is 4.79 Å². The molecule has 0 spiro atoms. The van der Waals surface area contributed by atoms with Gasteiger partial charge in [-0.2, -0.15) is 0 Å². The van der Waals surface area contributed by atoms with Crippen LogP contribution in [0, 0.1) is 0 Å². The zero-order chi connectivity index (χ0) is 20.1. The summed E-state index contributed by atoms with van der Waals surface area (Å²) in [5.41, 5.74) is 2.81. The van der Waals surface area contributed by atoms with Gasteiger partial charge in [0, 0.05) is 33.2 Å². The van der Waals surface area contributed by atoms with Gasteiger partial charge in [0.2, 0.25) is 5.91 Å². The molecule has 0 radical (unpaired) electrons. The van der Waals surface area contributed by atoms with Gasteiger partial charge in [0.25, 0.3) is 0 Å². The minimum atomic E-state index is -0.0851. The van der Waals surface area contributed by atoms with E-state index in [0.717, 1.165) is 26.4 Å². The number of carbonyl (C=O) groups excluding carboxylic acids is 1. The van der Waals surface area contributed by atoms with Crippen LogP contribution in [-0.4, -0.2) is 24.1 Å². The van der Waals surface area contributed by atoms with E-state index in [1.54, 1.807) is 18.0 Å². The Kier molecular flexibility index (Phi) is 6.36. The molecule has 1 N–H and O–H groups in total. The van der Waals surface area contributed by atoms with Gasteiger partial charge >= 0.3 is 0 Å². The predicted molar refractivity (Wildman–Crippen MR) is 118 cm³/mol. The quantitative estimate of drug-likeness (QED) is 0.508. The van der Waals surface area contributed by atoms with Crippen LogP contribution in [0.4, 0.5) is 5.69 Å². The van der Waals surface area contributed by atoms with Crippen molar-refractivity contribution in [1.29, 1.82) is 0 Å². The second kappa shape index (κ2) is 9.33. The first kappa shape index (κ1) is 19.8. The molecule has 0 saturated carbocycles. The van der Waals surface area contributed by atoms with Crippen molar-refractivity contribution in [3.8, 4) is 11.5 Å². The Hall–Kier alpha value is -2.51. The maximum absolute atomic E-state index is 12.5. The Balaban J connectivity index is 1.34. The van der Waals surface area contributed by atoms with Crippen LogP contribution in [0.3, 0.4) is 0 Å². The Morgan fingerprint density at radius 1 is 1.10 bits per heavy atom. The summed E-state index contributed by atoms with van der Waals surface area (Å²) in [6.07, 6.45) is 3.89. The number of benzene rings is 2. The van der Waals surface area contributed by atoms with E-state index in [-0.39, 0.29) is 12.3 Å². The average Bonchev–Trinajstić information content (AvgIpc) is 2.74. The van der Waals surface area contributed by atoms with E-state index >= 15 is 0 Å². The summed E-state index contributed by atoms with van der Waals surface area (Å²) in [7, 11) is 0. The lowest BCUT2D eigenvalue weighted by molar-refractivity contribution is -0.115. The number of carbonyl (C=O) groups is 1.